The Bertz CT molecular complexity index is 2220. The fraction of sp³-hybridized carbons (Fsp3) is 0.216. The van der Waals surface area contributed by atoms with Crippen LogP contribution >= 0.6 is 23.1 Å². The summed E-state index contributed by atoms with van der Waals surface area (Å²) in [6.45, 7) is 1.62. The molecule has 3 amide bonds. The van der Waals surface area contributed by atoms with E-state index in [4.69, 9.17) is 14.2 Å². The zero-order chi connectivity index (χ0) is 35.1. The number of nitrogens with one attached hydrogen (secondary N) is 1. The molecule has 3 atom stereocenters. The van der Waals surface area contributed by atoms with Crippen molar-refractivity contribution < 1.29 is 33.4 Å². The van der Waals surface area contributed by atoms with E-state index in [1.54, 1.807) is 43.3 Å². The highest BCUT2D eigenvalue weighted by molar-refractivity contribution is 8.00. The number of amides is 3. The molecule has 254 valence electrons. The molecule has 0 radical (unpaired) electrons. The van der Waals surface area contributed by atoms with Crippen molar-refractivity contribution in [2.24, 2.45) is 5.92 Å². The van der Waals surface area contributed by atoms with Gasteiger partial charge in [0.05, 0.1) is 43.0 Å². The van der Waals surface area contributed by atoms with E-state index in [9.17, 15) is 24.0 Å². The van der Waals surface area contributed by atoms with Gasteiger partial charge in [0, 0.05) is 21.9 Å². The van der Waals surface area contributed by atoms with Gasteiger partial charge in [-0.3, -0.25) is 23.7 Å². The third-order valence-electron chi connectivity index (χ3n) is 8.82. The lowest BCUT2D eigenvalue weighted by Gasteiger charge is -2.31. The number of nitrogens with zero attached hydrogens (tertiary/aromatic N) is 2. The molecule has 0 saturated carbocycles. The summed E-state index contributed by atoms with van der Waals surface area (Å²) in [7, 11) is 3.02. The molecule has 3 heterocycles. The number of methoxy groups -OCH3 is 2. The molecule has 50 heavy (non-hydrogen) atoms. The van der Waals surface area contributed by atoms with Crippen LogP contribution in [0.3, 0.4) is 0 Å². The Hall–Kier alpha value is -5.40. The number of ether oxygens (including phenoxy) is 3. The quantitative estimate of drug-likeness (QED) is 0.151. The van der Waals surface area contributed by atoms with Gasteiger partial charge in [-0.2, -0.15) is 0 Å². The number of fused-ring (bicyclic) bond motifs is 3. The highest BCUT2D eigenvalue weighted by Gasteiger charge is 2.57. The Labute approximate surface area is 294 Å². The third kappa shape index (κ3) is 5.71. The van der Waals surface area contributed by atoms with Crippen LogP contribution in [0.15, 0.2) is 94.7 Å². The van der Waals surface area contributed by atoms with Crippen molar-refractivity contribution in [3.8, 4) is 11.5 Å². The Balaban J connectivity index is 1.28. The molecule has 1 aromatic heterocycles. The van der Waals surface area contributed by atoms with Crippen LogP contribution in [0.1, 0.15) is 33.6 Å². The van der Waals surface area contributed by atoms with Crippen molar-refractivity contribution in [3.05, 3.63) is 111 Å². The lowest BCUT2D eigenvalue weighted by atomic mass is 9.83. The second-order valence-electron chi connectivity index (χ2n) is 11.6. The molecule has 7 rings (SSSR count). The number of carbonyl (C=O) groups is 4. The number of rotatable bonds is 9. The Morgan fingerprint density at radius 2 is 1.60 bits per heavy atom. The smallest absolute Gasteiger partial charge is 0.338 e. The van der Waals surface area contributed by atoms with Crippen LogP contribution in [0.25, 0.3) is 10.8 Å². The molecular weight excluding hydrogens is 679 g/mol. The van der Waals surface area contributed by atoms with Gasteiger partial charge in [-0.05, 0) is 60.3 Å². The predicted octanol–water partition coefficient (Wildman–Crippen LogP) is 5.69. The van der Waals surface area contributed by atoms with E-state index in [2.05, 4.69) is 5.32 Å². The molecule has 0 aliphatic carbocycles. The fourth-order valence-corrected chi connectivity index (χ4v) is 9.32. The zero-order valence-electron chi connectivity index (χ0n) is 27.2. The average Bonchev–Trinajstić information content (AvgIpc) is 3.57. The Morgan fingerprint density at radius 1 is 0.860 bits per heavy atom. The van der Waals surface area contributed by atoms with E-state index in [-0.39, 0.29) is 23.6 Å². The van der Waals surface area contributed by atoms with Crippen LogP contribution in [-0.4, -0.2) is 54.3 Å². The Kier molecular flexibility index (Phi) is 8.93. The maximum absolute atomic E-state index is 14.3. The molecule has 5 aromatic rings. The molecule has 1 saturated heterocycles. The van der Waals surface area contributed by atoms with Crippen LogP contribution in [-0.2, 0) is 25.7 Å². The number of hydrogen-bond donors (Lipinski definition) is 1. The minimum atomic E-state index is -0.904. The number of thioether (sulfide) groups is 1. The van der Waals surface area contributed by atoms with Gasteiger partial charge < -0.3 is 19.5 Å². The van der Waals surface area contributed by atoms with E-state index in [0.29, 0.717) is 38.3 Å². The summed E-state index contributed by atoms with van der Waals surface area (Å²) in [5.74, 6) is -2.51. The number of anilines is 2. The van der Waals surface area contributed by atoms with E-state index < -0.39 is 40.8 Å². The van der Waals surface area contributed by atoms with Crippen LogP contribution in [0.4, 0.5) is 11.4 Å². The second-order valence-corrected chi connectivity index (χ2v) is 13.8. The second kappa shape index (κ2) is 13.5. The minimum absolute atomic E-state index is 0.210. The van der Waals surface area contributed by atoms with Crippen LogP contribution in [0.2, 0.25) is 0 Å². The zero-order valence-corrected chi connectivity index (χ0v) is 28.8. The van der Waals surface area contributed by atoms with Gasteiger partial charge in [-0.1, -0.05) is 65.6 Å². The summed E-state index contributed by atoms with van der Waals surface area (Å²) in [6.07, 6.45) is 0. The van der Waals surface area contributed by atoms with Crippen molar-refractivity contribution in [1.82, 2.24) is 4.57 Å². The first-order chi connectivity index (χ1) is 24.2. The molecule has 1 N–H and O–H groups in total. The summed E-state index contributed by atoms with van der Waals surface area (Å²) in [6, 6.07) is 24.6. The van der Waals surface area contributed by atoms with Gasteiger partial charge in [0.15, 0.2) is 11.5 Å². The van der Waals surface area contributed by atoms with Crippen molar-refractivity contribution in [3.63, 3.8) is 0 Å². The summed E-state index contributed by atoms with van der Waals surface area (Å²) >= 11 is 2.07. The summed E-state index contributed by atoms with van der Waals surface area (Å²) in [4.78, 5) is 69.2. The van der Waals surface area contributed by atoms with Gasteiger partial charge in [0.1, 0.15) is 11.8 Å². The van der Waals surface area contributed by atoms with Crippen LogP contribution < -0.4 is 24.6 Å². The normalized spacial score (nSPS) is 18.1. The molecule has 2 aliphatic rings. The number of thiazole rings is 1. The SMILES string of the molecule is CCOC(=O)c1ccc(N2C(=O)[C@H]3[C@H](c4ccc(OC)c(OC)c4)c4sc(=O)n(CC(=O)Nc5cccc6ccccc56)c4S[C@H]3C2=O)cc1. The standard InChI is InChI=1S/C37H31N3O8S2/c1-4-48-36(44)21-12-15-23(16-13-21)40-33(42)30-29(22-14-17-26(46-2)27(18-22)47-3)32-35(49-31(30)34(40)43)39(37(45)50-32)19-28(41)38-25-11-7-9-20-8-5-6-10-24(20)25/h5-18,29-31H,4,19H2,1-3H3,(H,38,41)/t29-,30-,31+/m0/s1. The number of aromatic nitrogens is 1. The van der Waals surface area contributed by atoms with Gasteiger partial charge in [-0.25, -0.2) is 9.69 Å². The first-order valence-electron chi connectivity index (χ1n) is 15.8. The topological polar surface area (TPSA) is 133 Å². The van der Waals surface area contributed by atoms with E-state index in [0.717, 1.165) is 38.8 Å². The molecule has 13 heteroatoms. The first-order valence-corrected chi connectivity index (χ1v) is 17.5. The van der Waals surface area contributed by atoms with E-state index in [1.807, 2.05) is 36.4 Å². The lowest BCUT2D eigenvalue weighted by molar-refractivity contribution is -0.122. The van der Waals surface area contributed by atoms with E-state index >= 15 is 0 Å². The van der Waals surface area contributed by atoms with E-state index in [1.165, 1.54) is 30.9 Å². The highest BCUT2D eigenvalue weighted by Crippen LogP contribution is 2.54. The number of benzene rings is 4. The lowest BCUT2D eigenvalue weighted by Crippen LogP contribution is -2.33. The van der Waals surface area contributed by atoms with Crippen molar-refractivity contribution in [1.29, 1.82) is 0 Å². The monoisotopic (exact) mass is 709 g/mol. The predicted molar refractivity (Wildman–Crippen MR) is 191 cm³/mol. The average molecular weight is 710 g/mol. The molecule has 4 aromatic carbocycles. The summed E-state index contributed by atoms with van der Waals surface area (Å²) in [5.41, 5.74) is 1.86. The summed E-state index contributed by atoms with van der Waals surface area (Å²) in [5, 5.41) is 4.31. The van der Waals surface area contributed by atoms with Crippen LogP contribution in [0, 0.1) is 5.92 Å². The maximum atomic E-state index is 14.3. The number of imide groups is 1. The summed E-state index contributed by atoms with van der Waals surface area (Å²) < 4.78 is 17.5. The minimum Gasteiger partial charge on any atom is -0.493 e. The van der Waals surface area contributed by atoms with Crippen molar-refractivity contribution >= 4 is 68.9 Å². The van der Waals surface area contributed by atoms with Gasteiger partial charge >= 0.3 is 10.8 Å². The molecule has 11 nitrogen and oxygen atoms in total. The number of hydrogen-bond acceptors (Lipinski definition) is 10. The van der Waals surface area contributed by atoms with Crippen molar-refractivity contribution in [2.75, 3.05) is 31.0 Å². The largest absolute Gasteiger partial charge is 0.493 e. The molecule has 0 spiro atoms. The number of esters is 1. The molecule has 1 fully saturated rings. The molecule has 0 bridgehead atoms. The fourth-order valence-electron chi connectivity index (χ4n) is 6.54. The highest BCUT2D eigenvalue weighted by atomic mass is 32.2. The first kappa shape index (κ1) is 33.1. The maximum Gasteiger partial charge on any atom is 0.338 e. The van der Waals surface area contributed by atoms with Crippen LogP contribution in [0.5, 0.6) is 11.5 Å². The molecular formula is C37H31N3O8S2. The number of carbonyl (C=O) groups excluding carboxylic acids is 4. The molecule has 2 aliphatic heterocycles. The van der Waals surface area contributed by atoms with Gasteiger partial charge in [0.25, 0.3) is 0 Å². The van der Waals surface area contributed by atoms with Crippen molar-refractivity contribution in [2.45, 2.75) is 29.7 Å². The Morgan fingerprint density at radius 3 is 2.34 bits per heavy atom. The van der Waals surface area contributed by atoms with Gasteiger partial charge in [0.2, 0.25) is 17.7 Å². The molecule has 0 unspecified atom stereocenters. The van der Waals surface area contributed by atoms with Gasteiger partial charge in [-0.15, -0.1) is 0 Å². The third-order valence-corrected chi connectivity index (χ3v) is 11.4.